The van der Waals surface area contributed by atoms with Gasteiger partial charge in [-0.3, -0.25) is 4.68 Å². The maximum atomic E-state index is 14.0. The van der Waals surface area contributed by atoms with Gasteiger partial charge >= 0.3 is 0 Å². The van der Waals surface area contributed by atoms with Crippen LogP contribution in [0.5, 0.6) is 0 Å². The number of hydrogen-bond donors (Lipinski definition) is 1. The molecule has 0 fully saturated rings. The monoisotopic (exact) mass is 281 g/mol. The van der Waals surface area contributed by atoms with Crippen LogP contribution in [0.2, 0.25) is 5.02 Å². The van der Waals surface area contributed by atoms with Crippen LogP contribution in [0, 0.1) is 5.82 Å². The first-order chi connectivity index (χ1) is 9.17. The molecule has 0 aliphatic carbocycles. The fourth-order valence-corrected chi connectivity index (χ4v) is 2.42. The van der Waals surface area contributed by atoms with Crippen molar-refractivity contribution in [1.29, 1.82) is 0 Å². The van der Waals surface area contributed by atoms with Crippen molar-refractivity contribution in [3.63, 3.8) is 0 Å². The highest BCUT2D eigenvalue weighted by Gasteiger charge is 2.20. The zero-order valence-electron chi connectivity index (χ0n) is 11.0. The predicted octanol–water partition coefficient (Wildman–Crippen LogP) is 3.39. The Labute approximate surface area is 117 Å². The Morgan fingerprint density at radius 1 is 1.47 bits per heavy atom. The highest BCUT2D eigenvalue weighted by Crippen LogP contribution is 2.30. The number of nitrogens with zero attached hydrogens (tertiary/aromatic N) is 2. The molecule has 19 heavy (non-hydrogen) atoms. The van der Waals surface area contributed by atoms with Crippen molar-refractivity contribution in [2.45, 2.75) is 25.9 Å². The second kappa shape index (κ2) is 6.17. The van der Waals surface area contributed by atoms with Crippen LogP contribution in [0.4, 0.5) is 4.39 Å². The second-order valence-electron chi connectivity index (χ2n) is 4.39. The van der Waals surface area contributed by atoms with Gasteiger partial charge in [0.1, 0.15) is 5.82 Å². The third-order valence-electron chi connectivity index (χ3n) is 3.02. The summed E-state index contributed by atoms with van der Waals surface area (Å²) in [5.41, 5.74) is 1.37. The van der Waals surface area contributed by atoms with Gasteiger partial charge in [0, 0.05) is 28.9 Å². The van der Waals surface area contributed by atoms with Crippen LogP contribution in [0.15, 0.2) is 30.6 Å². The molecule has 1 unspecified atom stereocenters. The van der Waals surface area contributed by atoms with E-state index in [1.807, 2.05) is 10.9 Å². The van der Waals surface area contributed by atoms with Crippen molar-refractivity contribution in [3.8, 4) is 0 Å². The molecule has 0 amide bonds. The zero-order valence-corrected chi connectivity index (χ0v) is 11.8. The van der Waals surface area contributed by atoms with E-state index in [9.17, 15) is 4.39 Å². The molecule has 1 N–H and O–H groups in total. The molecule has 2 aromatic rings. The van der Waals surface area contributed by atoms with Crippen molar-refractivity contribution >= 4 is 11.6 Å². The van der Waals surface area contributed by atoms with E-state index in [0.29, 0.717) is 10.6 Å². The summed E-state index contributed by atoms with van der Waals surface area (Å²) in [6.45, 7) is 2.94. The maximum absolute atomic E-state index is 14.0. The topological polar surface area (TPSA) is 29.9 Å². The normalized spacial score (nSPS) is 12.6. The van der Waals surface area contributed by atoms with Crippen molar-refractivity contribution in [2.24, 2.45) is 0 Å². The number of halogens is 2. The molecule has 0 bridgehead atoms. The van der Waals surface area contributed by atoms with Crippen LogP contribution in [-0.4, -0.2) is 16.8 Å². The number of nitrogens with one attached hydrogen (secondary N) is 1. The molecule has 0 saturated heterocycles. The Morgan fingerprint density at radius 3 is 2.89 bits per heavy atom. The Kier molecular flexibility index (Phi) is 4.56. The lowest BCUT2D eigenvalue weighted by atomic mass is 10.0. The molecule has 0 spiro atoms. The van der Waals surface area contributed by atoms with Gasteiger partial charge in [-0.1, -0.05) is 24.6 Å². The molecule has 0 saturated carbocycles. The molecular weight excluding hydrogens is 265 g/mol. The number of benzene rings is 1. The van der Waals surface area contributed by atoms with Crippen LogP contribution in [0.25, 0.3) is 0 Å². The van der Waals surface area contributed by atoms with Crippen molar-refractivity contribution < 1.29 is 4.39 Å². The lowest BCUT2D eigenvalue weighted by Crippen LogP contribution is -2.19. The van der Waals surface area contributed by atoms with Gasteiger partial charge in [0.25, 0.3) is 0 Å². The van der Waals surface area contributed by atoms with Gasteiger partial charge in [0.2, 0.25) is 0 Å². The Bertz CT molecular complexity index is 533. The van der Waals surface area contributed by atoms with Gasteiger partial charge in [-0.25, -0.2) is 4.39 Å². The molecular formula is C14H17ClFN3. The third-order valence-corrected chi connectivity index (χ3v) is 3.35. The number of hydrogen-bond acceptors (Lipinski definition) is 2. The van der Waals surface area contributed by atoms with Crippen LogP contribution in [-0.2, 0) is 6.54 Å². The van der Waals surface area contributed by atoms with E-state index in [4.69, 9.17) is 11.6 Å². The van der Waals surface area contributed by atoms with E-state index in [0.717, 1.165) is 18.5 Å². The highest BCUT2D eigenvalue weighted by atomic mass is 35.5. The Morgan fingerprint density at radius 2 is 2.26 bits per heavy atom. The fourth-order valence-electron chi connectivity index (χ4n) is 2.14. The smallest absolute Gasteiger partial charge is 0.129 e. The summed E-state index contributed by atoms with van der Waals surface area (Å²) in [5, 5.41) is 7.78. The largest absolute Gasteiger partial charge is 0.309 e. The molecule has 0 radical (unpaired) electrons. The quantitative estimate of drug-likeness (QED) is 0.910. The van der Waals surface area contributed by atoms with Gasteiger partial charge in [-0.15, -0.1) is 0 Å². The standard InChI is InChI=1S/C14H17ClFN3/c1-3-7-19-9-10(8-18-19)14(17-2)13-11(15)5-4-6-12(13)16/h4-6,8-9,14,17H,3,7H2,1-2H3. The maximum Gasteiger partial charge on any atom is 0.129 e. The minimum absolute atomic E-state index is 0.292. The SMILES string of the molecule is CCCn1cc(C(NC)c2c(F)cccc2Cl)cn1. The summed E-state index contributed by atoms with van der Waals surface area (Å²) in [4.78, 5) is 0. The molecule has 5 heteroatoms. The summed E-state index contributed by atoms with van der Waals surface area (Å²) in [6.07, 6.45) is 4.68. The van der Waals surface area contributed by atoms with Crippen LogP contribution >= 0.6 is 11.6 Å². The average molecular weight is 282 g/mol. The van der Waals surface area contributed by atoms with Gasteiger partial charge in [-0.2, -0.15) is 5.10 Å². The van der Waals surface area contributed by atoms with Gasteiger partial charge < -0.3 is 5.32 Å². The molecule has 3 nitrogen and oxygen atoms in total. The van der Waals surface area contributed by atoms with Crippen LogP contribution in [0.3, 0.4) is 0 Å². The molecule has 2 rings (SSSR count). The summed E-state index contributed by atoms with van der Waals surface area (Å²) in [7, 11) is 1.78. The summed E-state index contributed by atoms with van der Waals surface area (Å²) >= 11 is 6.11. The van der Waals surface area contributed by atoms with E-state index >= 15 is 0 Å². The lowest BCUT2D eigenvalue weighted by molar-refractivity contribution is 0.574. The molecule has 0 aliphatic rings. The average Bonchev–Trinajstić information content (AvgIpc) is 2.83. The molecule has 1 aromatic carbocycles. The van der Waals surface area contributed by atoms with E-state index < -0.39 is 0 Å². The number of aryl methyl sites for hydroxylation is 1. The fraction of sp³-hybridized carbons (Fsp3) is 0.357. The zero-order chi connectivity index (χ0) is 13.8. The molecule has 1 atom stereocenters. The predicted molar refractivity (Wildman–Crippen MR) is 74.8 cm³/mol. The van der Waals surface area contributed by atoms with E-state index in [-0.39, 0.29) is 11.9 Å². The Balaban J connectivity index is 2.38. The van der Waals surface area contributed by atoms with Crippen molar-refractivity contribution in [2.75, 3.05) is 7.05 Å². The molecule has 102 valence electrons. The first kappa shape index (κ1) is 14.0. The number of rotatable bonds is 5. The van der Waals surface area contributed by atoms with E-state index in [1.165, 1.54) is 6.07 Å². The minimum Gasteiger partial charge on any atom is -0.309 e. The van der Waals surface area contributed by atoms with Gasteiger partial charge in [0.05, 0.1) is 12.2 Å². The second-order valence-corrected chi connectivity index (χ2v) is 4.80. The molecule has 1 heterocycles. The van der Waals surface area contributed by atoms with E-state index in [1.54, 1.807) is 25.4 Å². The third kappa shape index (κ3) is 2.96. The summed E-state index contributed by atoms with van der Waals surface area (Å²) in [5.74, 6) is -0.310. The molecule has 1 aromatic heterocycles. The van der Waals surface area contributed by atoms with Gasteiger partial charge in [-0.05, 0) is 25.6 Å². The number of aromatic nitrogens is 2. The van der Waals surface area contributed by atoms with Gasteiger partial charge in [0.15, 0.2) is 0 Å². The lowest BCUT2D eigenvalue weighted by Gasteiger charge is -2.17. The van der Waals surface area contributed by atoms with E-state index in [2.05, 4.69) is 17.3 Å². The van der Waals surface area contributed by atoms with Crippen molar-refractivity contribution in [1.82, 2.24) is 15.1 Å². The summed E-state index contributed by atoms with van der Waals surface area (Å²) in [6, 6.07) is 4.43. The van der Waals surface area contributed by atoms with Crippen molar-refractivity contribution in [3.05, 3.63) is 52.6 Å². The van der Waals surface area contributed by atoms with Crippen LogP contribution < -0.4 is 5.32 Å². The first-order valence-electron chi connectivity index (χ1n) is 6.31. The summed E-state index contributed by atoms with van der Waals surface area (Å²) < 4.78 is 15.8. The minimum atomic E-state index is -0.310. The highest BCUT2D eigenvalue weighted by molar-refractivity contribution is 6.31. The van der Waals surface area contributed by atoms with Crippen LogP contribution in [0.1, 0.15) is 30.5 Å². The first-order valence-corrected chi connectivity index (χ1v) is 6.68. The molecule has 0 aliphatic heterocycles. The Hall–Kier alpha value is -1.39.